The number of nitrogens with zero attached hydrogens (tertiary/aromatic N) is 5. The molecule has 220 valence electrons. The second-order valence-corrected chi connectivity index (χ2v) is 12.6. The summed E-state index contributed by atoms with van der Waals surface area (Å²) in [7, 11) is 0.117. The first kappa shape index (κ1) is 29.3. The Kier molecular flexibility index (Phi) is 9.15. The van der Waals surface area contributed by atoms with E-state index in [0.29, 0.717) is 40.5 Å². The third kappa shape index (κ3) is 7.57. The highest BCUT2D eigenvalue weighted by molar-refractivity contribution is 7.88. The van der Waals surface area contributed by atoms with Gasteiger partial charge in [0.2, 0.25) is 16.0 Å². The van der Waals surface area contributed by atoms with E-state index in [1.807, 2.05) is 12.1 Å². The van der Waals surface area contributed by atoms with Crippen molar-refractivity contribution in [2.45, 2.75) is 24.6 Å². The van der Waals surface area contributed by atoms with Gasteiger partial charge in [-0.2, -0.15) is 4.98 Å². The van der Waals surface area contributed by atoms with Crippen molar-refractivity contribution in [3.8, 4) is 5.75 Å². The monoisotopic (exact) mass is 600 g/mol. The van der Waals surface area contributed by atoms with Crippen LogP contribution in [0.25, 0.3) is 0 Å². The number of sulfonamides is 1. The molecule has 0 radical (unpaired) electrons. The number of methoxy groups -OCH3 is 1. The number of primary sulfonamides is 1. The fourth-order valence-electron chi connectivity index (χ4n) is 5.40. The number of anilines is 5. The predicted octanol–water partition coefficient (Wildman–Crippen LogP) is 3.63. The van der Waals surface area contributed by atoms with Crippen molar-refractivity contribution in [1.82, 2.24) is 19.8 Å². The molecule has 13 heteroatoms. The highest BCUT2D eigenvalue weighted by Gasteiger charge is 2.27. The number of aromatic nitrogens is 2. The lowest BCUT2D eigenvalue weighted by molar-refractivity contribution is 0.0982. The van der Waals surface area contributed by atoms with Crippen LogP contribution in [0.2, 0.25) is 5.02 Å². The van der Waals surface area contributed by atoms with Crippen molar-refractivity contribution < 1.29 is 13.2 Å². The molecule has 2 aromatic carbocycles. The van der Waals surface area contributed by atoms with Gasteiger partial charge in [0, 0.05) is 62.8 Å². The average Bonchev–Trinajstić information content (AvgIpc) is 2.96. The summed E-state index contributed by atoms with van der Waals surface area (Å²) in [6, 6.07) is 13.7. The summed E-state index contributed by atoms with van der Waals surface area (Å²) in [5, 5.41) is 11.9. The van der Waals surface area contributed by atoms with E-state index in [1.165, 1.54) is 6.20 Å². The van der Waals surface area contributed by atoms with Crippen LogP contribution in [0, 0.1) is 0 Å². The maximum atomic E-state index is 11.7. The Hall–Kier alpha value is -3.16. The van der Waals surface area contributed by atoms with Gasteiger partial charge in [-0.1, -0.05) is 29.8 Å². The molecular weight excluding hydrogens is 564 g/mol. The number of benzene rings is 2. The highest BCUT2D eigenvalue weighted by atomic mass is 35.5. The van der Waals surface area contributed by atoms with Crippen LogP contribution in [-0.2, 0) is 15.8 Å². The first-order chi connectivity index (χ1) is 19.7. The smallest absolute Gasteiger partial charge is 0.229 e. The molecule has 0 spiro atoms. The number of rotatable bonds is 9. The molecule has 2 aliphatic heterocycles. The van der Waals surface area contributed by atoms with Gasteiger partial charge in [-0.3, -0.25) is 4.90 Å². The molecule has 0 atom stereocenters. The third-order valence-electron chi connectivity index (χ3n) is 7.69. The molecule has 4 N–H and O–H groups in total. The third-order valence-corrected chi connectivity index (χ3v) is 8.68. The lowest BCUT2D eigenvalue weighted by Crippen LogP contribution is -2.52. The number of hydrogen-bond acceptors (Lipinski definition) is 10. The number of piperidine rings is 1. The molecule has 2 fully saturated rings. The molecule has 0 unspecified atom stereocenters. The molecule has 2 saturated heterocycles. The normalized spacial score (nSPS) is 17.4. The average molecular weight is 601 g/mol. The molecule has 0 aliphatic carbocycles. The fourth-order valence-corrected chi connectivity index (χ4v) is 6.23. The number of hydrogen-bond donors (Lipinski definition) is 3. The van der Waals surface area contributed by atoms with Crippen molar-refractivity contribution >= 4 is 50.5 Å². The number of halogens is 1. The topological polar surface area (TPSA) is 129 Å². The maximum absolute atomic E-state index is 11.7. The van der Waals surface area contributed by atoms with Gasteiger partial charge in [-0.05, 0) is 43.7 Å². The number of ether oxygens (including phenoxy) is 1. The Bertz CT molecular complexity index is 1460. The molecule has 0 saturated carbocycles. The SMILES string of the molecule is COc1cc(N2CCC(N3CCN(C)CC3)CC2)ccc1Nc1ncc(Cl)c(Nc2ccccc2CS(N)(=O)=O)n1. The largest absolute Gasteiger partial charge is 0.494 e. The van der Waals surface area contributed by atoms with Crippen molar-refractivity contribution in [1.29, 1.82) is 0 Å². The summed E-state index contributed by atoms with van der Waals surface area (Å²) < 4.78 is 29.1. The van der Waals surface area contributed by atoms with Gasteiger partial charge in [0.25, 0.3) is 0 Å². The van der Waals surface area contributed by atoms with Crippen LogP contribution in [0.4, 0.5) is 28.8 Å². The number of para-hydroxylation sites is 1. The van der Waals surface area contributed by atoms with E-state index in [-0.39, 0.29) is 10.8 Å². The van der Waals surface area contributed by atoms with Gasteiger partial charge >= 0.3 is 0 Å². The van der Waals surface area contributed by atoms with Crippen LogP contribution in [0.5, 0.6) is 5.75 Å². The van der Waals surface area contributed by atoms with Crippen LogP contribution in [0.15, 0.2) is 48.7 Å². The van der Waals surface area contributed by atoms with E-state index in [0.717, 1.165) is 57.8 Å². The van der Waals surface area contributed by atoms with Crippen LogP contribution in [-0.4, -0.2) is 87.7 Å². The van der Waals surface area contributed by atoms with Crippen molar-refractivity contribution in [2.75, 3.05) is 69.0 Å². The molecule has 0 bridgehead atoms. The Morgan fingerprint density at radius 3 is 2.46 bits per heavy atom. The molecule has 1 aromatic heterocycles. The molecule has 5 rings (SSSR count). The van der Waals surface area contributed by atoms with Crippen molar-refractivity contribution in [3.05, 3.63) is 59.2 Å². The standard InChI is InChI=1S/C28H37ClN8O3S/c1-35-13-15-37(16-14-35)21-9-11-36(12-10-21)22-7-8-25(26(17-22)40-2)33-28-31-18-23(29)27(34-28)32-24-6-4-3-5-20(24)19-41(30,38)39/h3-8,17-18,21H,9-16,19H2,1-2H3,(H2,30,38,39)(H2,31,32,33,34). The molecule has 0 amide bonds. The number of nitrogens with one attached hydrogen (secondary N) is 2. The van der Waals surface area contributed by atoms with E-state index in [9.17, 15) is 8.42 Å². The second kappa shape index (κ2) is 12.8. The van der Waals surface area contributed by atoms with Crippen LogP contribution >= 0.6 is 11.6 Å². The van der Waals surface area contributed by atoms with E-state index >= 15 is 0 Å². The quantitative estimate of drug-likeness (QED) is 0.335. The summed E-state index contributed by atoms with van der Waals surface area (Å²) in [6.07, 6.45) is 3.79. The Labute approximate surface area is 246 Å². The zero-order valence-electron chi connectivity index (χ0n) is 23.4. The van der Waals surface area contributed by atoms with Crippen molar-refractivity contribution in [3.63, 3.8) is 0 Å². The zero-order valence-corrected chi connectivity index (χ0v) is 25.0. The van der Waals surface area contributed by atoms with E-state index in [2.05, 4.69) is 48.4 Å². The van der Waals surface area contributed by atoms with E-state index < -0.39 is 10.0 Å². The van der Waals surface area contributed by atoms with Crippen LogP contribution in [0.1, 0.15) is 18.4 Å². The van der Waals surface area contributed by atoms with Gasteiger partial charge in [0.05, 0.1) is 24.7 Å². The molecule has 3 aromatic rings. The maximum Gasteiger partial charge on any atom is 0.229 e. The van der Waals surface area contributed by atoms with Crippen LogP contribution in [0.3, 0.4) is 0 Å². The molecule has 2 aliphatic rings. The molecule has 41 heavy (non-hydrogen) atoms. The van der Waals surface area contributed by atoms with E-state index in [1.54, 1.807) is 31.4 Å². The van der Waals surface area contributed by atoms with Gasteiger partial charge in [0.1, 0.15) is 10.8 Å². The van der Waals surface area contributed by atoms with Crippen LogP contribution < -0.4 is 25.4 Å². The Morgan fingerprint density at radius 2 is 1.76 bits per heavy atom. The Morgan fingerprint density at radius 1 is 1.02 bits per heavy atom. The van der Waals surface area contributed by atoms with E-state index in [4.69, 9.17) is 21.5 Å². The Balaban J connectivity index is 1.26. The van der Waals surface area contributed by atoms with Gasteiger partial charge in [-0.25, -0.2) is 18.5 Å². The minimum absolute atomic E-state index is 0.281. The highest BCUT2D eigenvalue weighted by Crippen LogP contribution is 2.34. The van der Waals surface area contributed by atoms with Gasteiger partial charge < -0.3 is 25.2 Å². The zero-order chi connectivity index (χ0) is 29.0. The molecule has 3 heterocycles. The summed E-state index contributed by atoms with van der Waals surface area (Å²) in [4.78, 5) is 16.3. The van der Waals surface area contributed by atoms with Gasteiger partial charge in [-0.15, -0.1) is 0 Å². The number of likely N-dealkylation sites (N-methyl/N-ethyl adjacent to an activating group) is 1. The second-order valence-electron chi connectivity index (χ2n) is 10.5. The number of nitrogens with two attached hydrogens (primary N) is 1. The molecular formula is C28H37ClN8O3S. The number of piperazine rings is 1. The minimum Gasteiger partial charge on any atom is -0.494 e. The van der Waals surface area contributed by atoms with Gasteiger partial charge in [0.15, 0.2) is 5.82 Å². The first-order valence-corrected chi connectivity index (χ1v) is 15.8. The summed E-state index contributed by atoms with van der Waals surface area (Å²) in [5.41, 5.74) is 2.87. The summed E-state index contributed by atoms with van der Waals surface area (Å²) >= 11 is 6.37. The van der Waals surface area contributed by atoms with Crippen molar-refractivity contribution in [2.24, 2.45) is 5.14 Å². The lowest BCUT2D eigenvalue weighted by atomic mass is 10.0. The predicted molar refractivity (Wildman–Crippen MR) is 164 cm³/mol. The molecule has 11 nitrogen and oxygen atoms in total. The lowest BCUT2D eigenvalue weighted by Gasteiger charge is -2.42. The minimum atomic E-state index is -3.72. The fraction of sp³-hybridized carbons (Fsp3) is 0.429. The summed E-state index contributed by atoms with van der Waals surface area (Å²) in [6.45, 7) is 6.62. The summed E-state index contributed by atoms with van der Waals surface area (Å²) in [5.74, 6) is 0.987. The first-order valence-electron chi connectivity index (χ1n) is 13.7.